The van der Waals surface area contributed by atoms with Crippen molar-refractivity contribution in [3.63, 3.8) is 0 Å². The predicted molar refractivity (Wildman–Crippen MR) is 78.0 cm³/mol. The van der Waals surface area contributed by atoms with Crippen LogP contribution in [0.1, 0.15) is 25.2 Å². The maximum atomic E-state index is 12.1. The molecule has 108 valence electrons. The van der Waals surface area contributed by atoms with Crippen molar-refractivity contribution >= 4 is 10.0 Å². The number of imidazole rings is 1. The first kappa shape index (κ1) is 14.7. The average molecular weight is 293 g/mol. The second-order valence-electron chi connectivity index (χ2n) is 5.41. The standard InChI is InChI=1S/C14H19N3O2S/c1-11-15-9-13(17-11)20(18,19)16-10-14(2,3)12-7-5-4-6-8-12/h4-9,16H,10H2,1-3H3,(H,15,17). The number of hydrogen-bond acceptors (Lipinski definition) is 3. The van der Waals surface area contributed by atoms with Gasteiger partial charge in [0.2, 0.25) is 0 Å². The Kier molecular flexibility index (Phi) is 3.96. The minimum absolute atomic E-state index is 0.0962. The Balaban J connectivity index is 2.12. The molecule has 0 aliphatic carbocycles. The van der Waals surface area contributed by atoms with Crippen molar-refractivity contribution in [3.05, 3.63) is 47.9 Å². The molecule has 0 saturated heterocycles. The molecule has 0 atom stereocenters. The van der Waals surface area contributed by atoms with Crippen LogP contribution in [0.2, 0.25) is 0 Å². The van der Waals surface area contributed by atoms with E-state index in [-0.39, 0.29) is 10.4 Å². The van der Waals surface area contributed by atoms with Gasteiger partial charge in [-0.05, 0) is 12.5 Å². The Morgan fingerprint density at radius 2 is 1.90 bits per heavy atom. The van der Waals surface area contributed by atoms with E-state index in [1.807, 2.05) is 44.2 Å². The van der Waals surface area contributed by atoms with E-state index in [9.17, 15) is 8.42 Å². The topological polar surface area (TPSA) is 74.8 Å². The molecule has 2 aromatic rings. The van der Waals surface area contributed by atoms with Crippen LogP contribution in [-0.4, -0.2) is 24.9 Å². The number of hydrogen-bond donors (Lipinski definition) is 2. The minimum Gasteiger partial charge on any atom is -0.332 e. The third-order valence-electron chi connectivity index (χ3n) is 3.23. The summed E-state index contributed by atoms with van der Waals surface area (Å²) in [6, 6.07) is 9.83. The Hall–Kier alpha value is -1.66. The van der Waals surface area contributed by atoms with Gasteiger partial charge in [0.15, 0.2) is 5.03 Å². The molecule has 6 heteroatoms. The molecule has 5 nitrogen and oxygen atoms in total. The number of benzene rings is 1. The molecule has 1 aromatic heterocycles. The van der Waals surface area contributed by atoms with Gasteiger partial charge >= 0.3 is 0 Å². The molecule has 0 amide bonds. The SMILES string of the molecule is Cc1ncc(S(=O)(=O)NCC(C)(C)c2ccccc2)[nH]1. The second kappa shape index (κ2) is 5.38. The highest BCUT2D eigenvalue weighted by Crippen LogP contribution is 2.22. The van der Waals surface area contributed by atoms with E-state index in [1.54, 1.807) is 6.92 Å². The van der Waals surface area contributed by atoms with Crippen molar-refractivity contribution in [1.29, 1.82) is 0 Å². The van der Waals surface area contributed by atoms with Gasteiger partial charge in [0.05, 0.1) is 6.20 Å². The first-order chi connectivity index (χ1) is 9.31. The summed E-state index contributed by atoms with van der Waals surface area (Å²) in [6.45, 7) is 6.04. The van der Waals surface area contributed by atoms with E-state index < -0.39 is 10.0 Å². The highest BCUT2D eigenvalue weighted by atomic mass is 32.2. The molecule has 1 heterocycles. The van der Waals surface area contributed by atoms with Crippen molar-refractivity contribution < 1.29 is 8.42 Å². The van der Waals surface area contributed by atoms with Gasteiger partial charge in [-0.2, -0.15) is 0 Å². The van der Waals surface area contributed by atoms with E-state index in [0.29, 0.717) is 12.4 Å². The summed E-state index contributed by atoms with van der Waals surface area (Å²) in [5.41, 5.74) is 0.798. The first-order valence-corrected chi connectivity index (χ1v) is 7.86. The summed E-state index contributed by atoms with van der Waals surface area (Å²) < 4.78 is 26.9. The Morgan fingerprint density at radius 3 is 2.45 bits per heavy atom. The van der Waals surface area contributed by atoms with Crippen molar-refractivity contribution in [2.45, 2.75) is 31.2 Å². The van der Waals surface area contributed by atoms with Crippen LogP contribution in [0.5, 0.6) is 0 Å². The van der Waals surface area contributed by atoms with E-state index in [2.05, 4.69) is 14.7 Å². The van der Waals surface area contributed by atoms with Gasteiger partial charge in [0.25, 0.3) is 10.0 Å². The van der Waals surface area contributed by atoms with Crippen LogP contribution in [0, 0.1) is 6.92 Å². The number of nitrogens with zero attached hydrogens (tertiary/aromatic N) is 1. The molecule has 0 bridgehead atoms. The molecular formula is C14H19N3O2S. The zero-order valence-corrected chi connectivity index (χ0v) is 12.7. The zero-order valence-electron chi connectivity index (χ0n) is 11.8. The third kappa shape index (κ3) is 3.26. The van der Waals surface area contributed by atoms with Gasteiger partial charge < -0.3 is 4.98 Å². The summed E-state index contributed by atoms with van der Waals surface area (Å²) in [5, 5.41) is 0.0962. The number of nitrogens with one attached hydrogen (secondary N) is 2. The maximum absolute atomic E-state index is 12.1. The fourth-order valence-electron chi connectivity index (χ4n) is 1.88. The maximum Gasteiger partial charge on any atom is 0.257 e. The zero-order chi connectivity index (χ0) is 14.8. The van der Waals surface area contributed by atoms with E-state index in [0.717, 1.165) is 5.56 Å². The average Bonchev–Trinajstić information content (AvgIpc) is 2.85. The highest BCUT2D eigenvalue weighted by Gasteiger charge is 2.24. The fourth-order valence-corrected chi connectivity index (χ4v) is 3.06. The normalized spacial score (nSPS) is 12.6. The molecule has 0 spiro atoms. The molecule has 2 N–H and O–H groups in total. The van der Waals surface area contributed by atoms with Crippen LogP contribution in [0.15, 0.2) is 41.6 Å². The van der Waals surface area contributed by atoms with Gasteiger partial charge in [-0.1, -0.05) is 44.2 Å². The lowest BCUT2D eigenvalue weighted by molar-refractivity contribution is 0.500. The molecule has 20 heavy (non-hydrogen) atoms. The second-order valence-corrected chi connectivity index (χ2v) is 7.14. The molecule has 0 unspecified atom stereocenters. The van der Waals surface area contributed by atoms with Crippen LogP contribution in [0.25, 0.3) is 0 Å². The van der Waals surface area contributed by atoms with Crippen molar-refractivity contribution in [2.75, 3.05) is 6.54 Å². The summed E-state index contributed by atoms with van der Waals surface area (Å²) in [7, 11) is -3.55. The molecule has 0 aliphatic rings. The van der Waals surface area contributed by atoms with Crippen LogP contribution in [0.3, 0.4) is 0 Å². The van der Waals surface area contributed by atoms with E-state index in [4.69, 9.17) is 0 Å². The third-order valence-corrected chi connectivity index (χ3v) is 4.54. The summed E-state index contributed by atoms with van der Waals surface area (Å²) in [6.07, 6.45) is 1.33. The molecular weight excluding hydrogens is 274 g/mol. The Bertz CT molecular complexity index is 675. The lowest BCUT2D eigenvalue weighted by Gasteiger charge is -2.25. The number of aromatic amines is 1. The summed E-state index contributed by atoms with van der Waals surface area (Å²) in [4.78, 5) is 6.64. The molecule has 0 radical (unpaired) electrons. The number of aryl methyl sites for hydroxylation is 1. The van der Waals surface area contributed by atoms with Crippen LogP contribution in [0.4, 0.5) is 0 Å². The fraction of sp³-hybridized carbons (Fsp3) is 0.357. The predicted octanol–water partition coefficient (Wildman–Crippen LogP) is 1.97. The number of H-pyrrole nitrogens is 1. The number of aromatic nitrogens is 2. The lowest BCUT2D eigenvalue weighted by atomic mass is 9.85. The number of sulfonamides is 1. The van der Waals surface area contributed by atoms with Gasteiger partial charge in [0.1, 0.15) is 5.82 Å². The summed E-state index contributed by atoms with van der Waals surface area (Å²) in [5.74, 6) is 0.577. The summed E-state index contributed by atoms with van der Waals surface area (Å²) >= 11 is 0. The minimum atomic E-state index is -3.55. The number of rotatable bonds is 5. The molecule has 1 aromatic carbocycles. The van der Waals surface area contributed by atoms with Crippen LogP contribution < -0.4 is 4.72 Å². The van der Waals surface area contributed by atoms with Gasteiger partial charge in [-0.25, -0.2) is 18.1 Å². The highest BCUT2D eigenvalue weighted by molar-refractivity contribution is 7.89. The quantitative estimate of drug-likeness (QED) is 0.885. The van der Waals surface area contributed by atoms with Gasteiger partial charge in [-0.3, -0.25) is 0 Å². The van der Waals surface area contributed by atoms with Crippen LogP contribution in [-0.2, 0) is 15.4 Å². The van der Waals surface area contributed by atoms with Gasteiger partial charge in [0, 0.05) is 12.0 Å². The Labute approximate surface area is 119 Å². The monoisotopic (exact) mass is 293 g/mol. The molecule has 0 saturated carbocycles. The molecule has 2 rings (SSSR count). The molecule has 0 fully saturated rings. The van der Waals surface area contributed by atoms with Crippen LogP contribution >= 0.6 is 0 Å². The van der Waals surface area contributed by atoms with E-state index in [1.165, 1.54) is 6.20 Å². The first-order valence-electron chi connectivity index (χ1n) is 6.38. The van der Waals surface area contributed by atoms with Crippen molar-refractivity contribution in [3.8, 4) is 0 Å². The Morgan fingerprint density at radius 1 is 1.25 bits per heavy atom. The largest absolute Gasteiger partial charge is 0.332 e. The van der Waals surface area contributed by atoms with Crippen molar-refractivity contribution in [2.24, 2.45) is 0 Å². The smallest absolute Gasteiger partial charge is 0.257 e. The van der Waals surface area contributed by atoms with E-state index >= 15 is 0 Å². The van der Waals surface area contributed by atoms with Crippen molar-refractivity contribution in [1.82, 2.24) is 14.7 Å². The van der Waals surface area contributed by atoms with Gasteiger partial charge in [-0.15, -0.1) is 0 Å². The molecule has 0 aliphatic heterocycles. The lowest BCUT2D eigenvalue weighted by Crippen LogP contribution is -2.36.